The normalized spacial score (nSPS) is 12.9. The molecule has 1 atom stereocenters. The van der Waals surface area contributed by atoms with Gasteiger partial charge in [-0.1, -0.05) is 36.4 Å². The molecule has 0 aromatic heterocycles. The van der Waals surface area contributed by atoms with Crippen molar-refractivity contribution in [2.24, 2.45) is 4.99 Å². The first-order chi connectivity index (χ1) is 16.1. The maximum absolute atomic E-state index is 11.3. The maximum atomic E-state index is 11.3. The lowest BCUT2D eigenvalue weighted by molar-refractivity contribution is -0.149. The van der Waals surface area contributed by atoms with E-state index in [0.29, 0.717) is 55.1 Å². The Hall–Kier alpha value is -3.84. The Morgan fingerprint density at radius 1 is 0.939 bits per heavy atom. The molecule has 1 aliphatic heterocycles. The van der Waals surface area contributed by atoms with Crippen molar-refractivity contribution in [1.29, 1.82) is 0 Å². The van der Waals surface area contributed by atoms with Crippen LogP contribution in [0.5, 0.6) is 17.2 Å². The molecular weight excluding hydrogens is 422 g/mol. The number of hydrogen-bond acceptors (Lipinski definition) is 6. The molecule has 1 aliphatic rings. The third kappa shape index (κ3) is 5.70. The summed E-state index contributed by atoms with van der Waals surface area (Å²) in [5.74, 6) is 1.54. The van der Waals surface area contributed by atoms with E-state index in [2.05, 4.69) is 4.99 Å². The molecule has 7 nitrogen and oxygen atoms in total. The molecule has 0 fully saturated rings. The summed E-state index contributed by atoms with van der Waals surface area (Å²) in [6.45, 7) is 2.74. The quantitative estimate of drug-likeness (QED) is 0.465. The minimum atomic E-state index is -0.967. The first-order valence-electron chi connectivity index (χ1n) is 10.8. The van der Waals surface area contributed by atoms with E-state index in [1.54, 1.807) is 6.92 Å². The van der Waals surface area contributed by atoms with E-state index < -0.39 is 12.1 Å². The fourth-order valence-electron chi connectivity index (χ4n) is 3.42. The highest BCUT2D eigenvalue weighted by Gasteiger charge is 2.19. The molecule has 1 heterocycles. The molecule has 0 saturated heterocycles. The topological polar surface area (TPSA) is 86.6 Å². The first kappa shape index (κ1) is 22.4. The van der Waals surface area contributed by atoms with Crippen LogP contribution in [0.25, 0.3) is 0 Å². The minimum absolute atomic E-state index is 0.294. The van der Waals surface area contributed by atoms with Crippen molar-refractivity contribution >= 4 is 17.6 Å². The lowest BCUT2D eigenvalue weighted by Crippen LogP contribution is -2.26. The Labute approximate surface area is 192 Å². The van der Waals surface area contributed by atoms with Crippen LogP contribution in [0.2, 0.25) is 0 Å². The van der Waals surface area contributed by atoms with E-state index in [1.165, 1.54) is 0 Å². The standard InChI is InChI=1S/C26H25NO6/c1-2-30-24(26(28)29)17-18-11-13-19(14-12-18)31-15-16-32-25-20-7-3-5-9-22(20)33-23-10-6-4-8-21(23)27-25/h3-14,24H,2,15-17H2,1H3,(H,28,29). The predicted molar refractivity (Wildman–Crippen MR) is 124 cm³/mol. The highest BCUT2D eigenvalue weighted by Crippen LogP contribution is 2.37. The molecule has 4 rings (SSSR count). The summed E-state index contributed by atoms with van der Waals surface area (Å²) in [7, 11) is 0. The molecular formula is C26H25NO6. The fraction of sp³-hybridized carbons (Fsp3) is 0.231. The zero-order valence-corrected chi connectivity index (χ0v) is 18.3. The molecule has 170 valence electrons. The Kier molecular flexibility index (Phi) is 7.22. The number of hydrogen-bond donors (Lipinski definition) is 1. The molecule has 7 heteroatoms. The molecule has 3 aromatic carbocycles. The van der Waals surface area contributed by atoms with Gasteiger partial charge in [0.25, 0.3) is 0 Å². The zero-order valence-electron chi connectivity index (χ0n) is 18.3. The van der Waals surface area contributed by atoms with Crippen LogP contribution in [0, 0.1) is 0 Å². The van der Waals surface area contributed by atoms with E-state index in [1.807, 2.05) is 72.8 Å². The van der Waals surface area contributed by atoms with Gasteiger partial charge in [0.15, 0.2) is 11.9 Å². The van der Waals surface area contributed by atoms with Gasteiger partial charge in [-0.25, -0.2) is 9.79 Å². The fourth-order valence-corrected chi connectivity index (χ4v) is 3.42. The Morgan fingerprint density at radius 2 is 1.64 bits per heavy atom. The summed E-state index contributed by atoms with van der Waals surface area (Å²) in [6.07, 6.45) is -0.553. The summed E-state index contributed by atoms with van der Waals surface area (Å²) < 4.78 is 23.0. The van der Waals surface area contributed by atoms with E-state index >= 15 is 0 Å². The monoisotopic (exact) mass is 447 g/mol. The molecule has 0 saturated carbocycles. The van der Waals surface area contributed by atoms with Gasteiger partial charge in [-0.3, -0.25) is 0 Å². The van der Waals surface area contributed by atoms with Gasteiger partial charge in [0.2, 0.25) is 5.90 Å². The van der Waals surface area contributed by atoms with E-state index in [4.69, 9.17) is 18.9 Å². The number of carboxylic acid groups (broad SMARTS) is 1. The number of rotatable bonds is 9. The molecule has 1 N–H and O–H groups in total. The van der Waals surface area contributed by atoms with Gasteiger partial charge >= 0.3 is 5.97 Å². The van der Waals surface area contributed by atoms with Crippen molar-refractivity contribution in [3.05, 3.63) is 83.9 Å². The van der Waals surface area contributed by atoms with Crippen molar-refractivity contribution in [3.63, 3.8) is 0 Å². The van der Waals surface area contributed by atoms with Crippen molar-refractivity contribution in [3.8, 4) is 17.2 Å². The number of benzene rings is 3. The number of aliphatic carboxylic acids is 1. The van der Waals surface area contributed by atoms with Crippen molar-refractivity contribution in [2.75, 3.05) is 19.8 Å². The number of aliphatic imine (C=N–C) groups is 1. The third-order valence-electron chi connectivity index (χ3n) is 5.00. The first-order valence-corrected chi connectivity index (χ1v) is 10.8. The number of fused-ring (bicyclic) bond motifs is 2. The van der Waals surface area contributed by atoms with Crippen molar-refractivity contribution in [2.45, 2.75) is 19.4 Å². The Morgan fingerprint density at radius 3 is 2.39 bits per heavy atom. The summed E-state index contributed by atoms with van der Waals surface area (Å²) in [5.41, 5.74) is 2.34. The van der Waals surface area contributed by atoms with Crippen LogP contribution >= 0.6 is 0 Å². The Bertz CT molecular complexity index is 1130. The molecule has 1 unspecified atom stereocenters. The van der Waals surface area contributed by atoms with Gasteiger partial charge in [-0.05, 0) is 48.9 Å². The van der Waals surface area contributed by atoms with Crippen LogP contribution in [0.3, 0.4) is 0 Å². The highest BCUT2D eigenvalue weighted by atomic mass is 16.5. The van der Waals surface area contributed by atoms with Crippen LogP contribution in [0.1, 0.15) is 18.1 Å². The molecule has 0 bridgehead atoms. The predicted octanol–water partition coefficient (Wildman–Crippen LogP) is 5.00. The van der Waals surface area contributed by atoms with Crippen LogP contribution in [-0.2, 0) is 20.7 Å². The minimum Gasteiger partial charge on any atom is -0.490 e. The second-order valence-corrected chi connectivity index (χ2v) is 7.31. The van der Waals surface area contributed by atoms with Gasteiger partial charge in [0.05, 0.1) is 5.56 Å². The van der Waals surface area contributed by atoms with Gasteiger partial charge in [-0.15, -0.1) is 0 Å². The number of carbonyl (C=O) groups is 1. The average Bonchev–Trinajstić information content (AvgIpc) is 2.99. The van der Waals surface area contributed by atoms with Gasteiger partial charge < -0.3 is 24.1 Å². The van der Waals surface area contributed by atoms with Crippen LogP contribution in [-0.4, -0.2) is 42.9 Å². The average molecular weight is 447 g/mol. The second kappa shape index (κ2) is 10.7. The number of ether oxygens (including phenoxy) is 4. The maximum Gasteiger partial charge on any atom is 0.333 e. The van der Waals surface area contributed by atoms with Crippen molar-refractivity contribution < 1.29 is 28.8 Å². The third-order valence-corrected chi connectivity index (χ3v) is 5.00. The molecule has 0 aliphatic carbocycles. The summed E-state index contributed by atoms with van der Waals surface area (Å²) in [5, 5.41) is 9.22. The zero-order chi connectivity index (χ0) is 23.0. The molecule has 0 radical (unpaired) electrons. The smallest absolute Gasteiger partial charge is 0.333 e. The second-order valence-electron chi connectivity index (χ2n) is 7.31. The summed E-state index contributed by atoms with van der Waals surface area (Å²) in [6, 6.07) is 22.5. The van der Waals surface area contributed by atoms with Gasteiger partial charge in [-0.2, -0.15) is 0 Å². The number of carboxylic acids is 1. The lowest BCUT2D eigenvalue weighted by atomic mass is 10.1. The SMILES string of the molecule is CCOC(Cc1ccc(OCCOC2=Nc3ccccc3Oc3ccccc32)cc1)C(=O)O. The molecule has 3 aromatic rings. The Balaban J connectivity index is 1.35. The molecule has 0 spiro atoms. The van der Waals surface area contributed by atoms with E-state index in [9.17, 15) is 9.90 Å². The van der Waals surface area contributed by atoms with Crippen LogP contribution in [0.15, 0.2) is 77.8 Å². The largest absolute Gasteiger partial charge is 0.490 e. The molecule has 33 heavy (non-hydrogen) atoms. The van der Waals surface area contributed by atoms with Crippen LogP contribution < -0.4 is 9.47 Å². The van der Waals surface area contributed by atoms with Crippen LogP contribution in [0.4, 0.5) is 5.69 Å². The highest BCUT2D eigenvalue weighted by molar-refractivity contribution is 5.99. The van der Waals surface area contributed by atoms with Gasteiger partial charge in [0, 0.05) is 13.0 Å². The van der Waals surface area contributed by atoms with E-state index in [0.717, 1.165) is 11.1 Å². The van der Waals surface area contributed by atoms with Crippen molar-refractivity contribution in [1.82, 2.24) is 0 Å². The summed E-state index contributed by atoms with van der Waals surface area (Å²) in [4.78, 5) is 15.9. The number of para-hydroxylation sites is 3. The van der Waals surface area contributed by atoms with Gasteiger partial charge in [0.1, 0.15) is 30.4 Å². The molecule has 0 amide bonds. The lowest BCUT2D eigenvalue weighted by Gasteiger charge is -2.13. The summed E-state index contributed by atoms with van der Waals surface area (Å²) >= 11 is 0. The number of nitrogens with zero attached hydrogens (tertiary/aromatic N) is 1. The van der Waals surface area contributed by atoms with E-state index in [-0.39, 0.29) is 0 Å².